The van der Waals surface area contributed by atoms with Gasteiger partial charge in [0.05, 0.1) is 10.6 Å². The average molecular weight is 305 g/mol. The molecule has 1 N–H and O–H groups in total. The molecule has 0 spiro atoms. The van der Waals surface area contributed by atoms with Gasteiger partial charge in [0.1, 0.15) is 11.4 Å². The van der Waals surface area contributed by atoms with Crippen LogP contribution >= 0.6 is 11.6 Å². The van der Waals surface area contributed by atoms with Crippen LogP contribution < -0.4 is 5.32 Å². The van der Waals surface area contributed by atoms with Crippen LogP contribution in [0.5, 0.6) is 0 Å². The van der Waals surface area contributed by atoms with Crippen LogP contribution in [-0.4, -0.2) is 16.7 Å². The third-order valence-electron chi connectivity index (χ3n) is 2.82. The first-order valence-corrected chi connectivity index (χ1v) is 5.51. The molecule has 0 atom stereocenters. The van der Waals surface area contributed by atoms with E-state index in [-0.39, 0.29) is 12.8 Å². The van der Waals surface area contributed by atoms with Crippen molar-refractivity contribution in [3.63, 3.8) is 0 Å². The molecule has 1 heterocycles. The summed E-state index contributed by atoms with van der Waals surface area (Å²) < 4.78 is 75.0. The first-order chi connectivity index (χ1) is 8.55. The van der Waals surface area contributed by atoms with Gasteiger partial charge in [0.15, 0.2) is 0 Å². The second kappa shape index (κ2) is 4.16. The van der Waals surface area contributed by atoms with Crippen LogP contribution in [-0.2, 0) is 6.18 Å². The number of hydrogen-bond acceptors (Lipinski definition) is 2. The highest BCUT2D eigenvalue weighted by Crippen LogP contribution is 2.51. The fourth-order valence-corrected chi connectivity index (χ4v) is 1.73. The van der Waals surface area contributed by atoms with E-state index < -0.39 is 34.3 Å². The molecule has 0 amide bonds. The van der Waals surface area contributed by atoms with Gasteiger partial charge in [-0.15, -0.1) is 0 Å². The molecule has 106 valence electrons. The first-order valence-electron chi connectivity index (χ1n) is 5.13. The topological polar surface area (TPSA) is 24.9 Å². The highest BCUT2D eigenvalue weighted by molar-refractivity contribution is 6.33. The van der Waals surface area contributed by atoms with E-state index in [0.717, 1.165) is 0 Å². The lowest BCUT2D eigenvalue weighted by Crippen LogP contribution is -2.39. The molecular weight excluding hydrogens is 298 g/mol. The summed E-state index contributed by atoms with van der Waals surface area (Å²) in [5, 5.41) is 1.59. The third kappa shape index (κ3) is 2.72. The summed E-state index contributed by atoms with van der Waals surface area (Å²) in [6, 6.07) is 0.545. The minimum atomic E-state index is -4.64. The van der Waals surface area contributed by atoms with Gasteiger partial charge in [-0.05, 0) is 18.9 Å². The number of alkyl halides is 6. The van der Waals surface area contributed by atoms with Crippen molar-refractivity contribution in [3.05, 3.63) is 22.8 Å². The summed E-state index contributed by atoms with van der Waals surface area (Å²) in [4.78, 5) is 3.32. The van der Waals surface area contributed by atoms with Crippen molar-refractivity contribution in [2.75, 3.05) is 5.32 Å². The van der Waals surface area contributed by atoms with Crippen LogP contribution in [0, 0.1) is 0 Å². The molecule has 1 saturated carbocycles. The van der Waals surface area contributed by atoms with Gasteiger partial charge in [-0.2, -0.15) is 26.3 Å². The Hall–Kier alpha value is -1.18. The zero-order chi connectivity index (χ0) is 14.5. The Balaban J connectivity index is 2.24. The van der Waals surface area contributed by atoms with E-state index in [2.05, 4.69) is 10.3 Å². The van der Waals surface area contributed by atoms with Gasteiger partial charge < -0.3 is 5.32 Å². The molecule has 1 aliphatic rings. The molecule has 1 fully saturated rings. The molecule has 1 aromatic rings. The van der Waals surface area contributed by atoms with Crippen LogP contribution in [0.3, 0.4) is 0 Å². The van der Waals surface area contributed by atoms with E-state index in [0.29, 0.717) is 12.3 Å². The minimum absolute atomic E-state index is 0.157. The summed E-state index contributed by atoms with van der Waals surface area (Å²) in [6.07, 6.45) is -9.01. The lowest BCUT2D eigenvalue weighted by atomic mass is 10.2. The average Bonchev–Trinajstić information content (AvgIpc) is 2.99. The van der Waals surface area contributed by atoms with Crippen LogP contribution in [0.25, 0.3) is 0 Å². The summed E-state index contributed by atoms with van der Waals surface area (Å²) in [5.74, 6) is -0.399. The van der Waals surface area contributed by atoms with Gasteiger partial charge in [-0.3, -0.25) is 0 Å². The second-order valence-electron chi connectivity index (χ2n) is 4.26. The highest BCUT2D eigenvalue weighted by atomic mass is 35.5. The molecular formula is C10H7ClF6N2. The van der Waals surface area contributed by atoms with E-state index in [1.165, 1.54) is 0 Å². The Bertz CT molecular complexity index is 492. The molecule has 2 nitrogen and oxygen atoms in total. The van der Waals surface area contributed by atoms with E-state index >= 15 is 0 Å². The fraction of sp³-hybridized carbons (Fsp3) is 0.500. The molecule has 0 unspecified atom stereocenters. The fourth-order valence-electron chi connectivity index (χ4n) is 1.52. The quantitative estimate of drug-likeness (QED) is 0.826. The van der Waals surface area contributed by atoms with Gasteiger partial charge in [-0.1, -0.05) is 11.6 Å². The van der Waals surface area contributed by atoms with E-state index in [4.69, 9.17) is 11.6 Å². The van der Waals surface area contributed by atoms with E-state index in [1.54, 1.807) is 0 Å². The van der Waals surface area contributed by atoms with Crippen molar-refractivity contribution in [2.24, 2.45) is 0 Å². The van der Waals surface area contributed by atoms with Crippen LogP contribution in [0.15, 0.2) is 12.3 Å². The minimum Gasteiger partial charge on any atom is -0.355 e. The van der Waals surface area contributed by atoms with Gasteiger partial charge in [-0.25, -0.2) is 4.98 Å². The van der Waals surface area contributed by atoms with Crippen molar-refractivity contribution in [1.82, 2.24) is 4.98 Å². The molecule has 0 saturated heterocycles. The predicted molar refractivity (Wildman–Crippen MR) is 55.9 cm³/mol. The maximum Gasteiger partial charge on any atom is 0.417 e. The standard InChI is InChI=1S/C10H7ClF6N2/c11-6-3-5(9(12,13)14)4-18-7(6)19-8(1-2-8)10(15,16)17/h3-4H,1-2H2,(H,18,19). The molecule has 19 heavy (non-hydrogen) atoms. The molecule has 1 aliphatic carbocycles. The largest absolute Gasteiger partial charge is 0.417 e. The number of anilines is 1. The van der Waals surface area contributed by atoms with Gasteiger partial charge in [0, 0.05) is 6.20 Å². The van der Waals surface area contributed by atoms with Crippen LogP contribution in [0.1, 0.15) is 18.4 Å². The first kappa shape index (κ1) is 14.2. The Morgan fingerprint density at radius 2 is 1.74 bits per heavy atom. The number of aromatic nitrogens is 1. The van der Waals surface area contributed by atoms with Crippen LogP contribution in [0.2, 0.25) is 5.02 Å². The Labute approximate surface area is 108 Å². The van der Waals surface area contributed by atoms with Crippen LogP contribution in [0.4, 0.5) is 32.2 Å². The maximum absolute atomic E-state index is 12.7. The van der Waals surface area contributed by atoms with Crippen molar-refractivity contribution in [3.8, 4) is 0 Å². The highest BCUT2D eigenvalue weighted by Gasteiger charge is 2.63. The number of rotatable bonds is 2. The molecule has 0 aromatic carbocycles. The number of nitrogens with zero attached hydrogens (tertiary/aromatic N) is 1. The Kier molecular flexibility index (Phi) is 3.11. The zero-order valence-electron chi connectivity index (χ0n) is 9.16. The Morgan fingerprint density at radius 1 is 1.16 bits per heavy atom. The number of nitrogens with one attached hydrogen (secondary N) is 1. The van der Waals surface area contributed by atoms with E-state index in [1.807, 2.05) is 0 Å². The van der Waals surface area contributed by atoms with E-state index in [9.17, 15) is 26.3 Å². The lowest BCUT2D eigenvalue weighted by molar-refractivity contribution is -0.151. The van der Waals surface area contributed by atoms with Crippen molar-refractivity contribution in [1.29, 1.82) is 0 Å². The molecule has 0 aliphatic heterocycles. The van der Waals surface area contributed by atoms with Gasteiger partial charge >= 0.3 is 12.4 Å². The predicted octanol–water partition coefficient (Wildman–Crippen LogP) is 4.26. The normalized spacial score (nSPS) is 18.3. The van der Waals surface area contributed by atoms with Crippen molar-refractivity contribution in [2.45, 2.75) is 30.7 Å². The van der Waals surface area contributed by atoms with Gasteiger partial charge in [0.2, 0.25) is 0 Å². The smallest absolute Gasteiger partial charge is 0.355 e. The maximum atomic E-state index is 12.7. The number of pyridine rings is 1. The summed E-state index contributed by atoms with van der Waals surface area (Å²) >= 11 is 5.53. The molecule has 0 radical (unpaired) electrons. The molecule has 9 heteroatoms. The monoisotopic (exact) mass is 304 g/mol. The van der Waals surface area contributed by atoms with Crippen molar-refractivity contribution >= 4 is 17.4 Å². The summed E-state index contributed by atoms with van der Waals surface area (Å²) in [7, 11) is 0. The summed E-state index contributed by atoms with van der Waals surface area (Å²) in [5.41, 5.74) is -3.23. The summed E-state index contributed by atoms with van der Waals surface area (Å²) in [6.45, 7) is 0. The number of halogens is 7. The SMILES string of the molecule is FC(F)(F)c1cnc(NC2(C(F)(F)F)CC2)c(Cl)c1. The Morgan fingerprint density at radius 3 is 2.11 bits per heavy atom. The number of hydrogen-bond donors (Lipinski definition) is 1. The van der Waals surface area contributed by atoms with Gasteiger partial charge in [0.25, 0.3) is 0 Å². The lowest BCUT2D eigenvalue weighted by Gasteiger charge is -2.22. The van der Waals surface area contributed by atoms with Crippen molar-refractivity contribution < 1.29 is 26.3 Å². The molecule has 2 rings (SSSR count). The molecule has 0 bridgehead atoms. The third-order valence-corrected chi connectivity index (χ3v) is 3.11. The zero-order valence-corrected chi connectivity index (χ0v) is 9.92. The molecule has 1 aromatic heterocycles. The second-order valence-corrected chi connectivity index (χ2v) is 4.66.